The Labute approximate surface area is 84.4 Å². The van der Waals surface area contributed by atoms with Crippen LogP contribution < -0.4 is 16.4 Å². The fourth-order valence-electron chi connectivity index (χ4n) is 1.10. The molecule has 0 aliphatic rings. The monoisotopic (exact) mass is 201 g/mol. The molecule has 2 amide bonds. The van der Waals surface area contributed by atoms with Crippen LogP contribution in [0.4, 0.5) is 0 Å². The third-order valence-electron chi connectivity index (χ3n) is 1.86. The highest BCUT2D eigenvalue weighted by molar-refractivity contribution is 5.75. The first-order chi connectivity index (χ1) is 6.56. The number of nitrogens with two attached hydrogens (primary N) is 1. The Balaban J connectivity index is 3.35. The molecule has 0 aromatic rings. The van der Waals surface area contributed by atoms with E-state index in [-0.39, 0.29) is 17.9 Å². The van der Waals surface area contributed by atoms with Crippen LogP contribution in [0.15, 0.2) is 0 Å². The highest BCUT2D eigenvalue weighted by Crippen LogP contribution is 1.91. The van der Waals surface area contributed by atoms with Gasteiger partial charge in [-0.05, 0) is 19.9 Å². The van der Waals surface area contributed by atoms with E-state index < -0.39 is 0 Å². The molecule has 5 heteroatoms. The predicted octanol–water partition coefficient (Wildman–Crippen LogP) is -0.634. The first-order valence-corrected chi connectivity index (χ1v) is 4.78. The molecule has 0 aromatic carbocycles. The summed E-state index contributed by atoms with van der Waals surface area (Å²) in [6, 6.07) is 0.0807. The summed E-state index contributed by atoms with van der Waals surface area (Å²) in [6.07, 6.45) is 1.61. The van der Waals surface area contributed by atoms with Crippen LogP contribution >= 0.6 is 0 Å². The number of primary amides is 1. The van der Waals surface area contributed by atoms with Gasteiger partial charge in [-0.2, -0.15) is 0 Å². The number of hydrogen-bond acceptors (Lipinski definition) is 3. The topological polar surface area (TPSA) is 84.2 Å². The first-order valence-electron chi connectivity index (χ1n) is 4.78. The van der Waals surface area contributed by atoms with Crippen molar-refractivity contribution in [2.75, 3.05) is 13.6 Å². The van der Waals surface area contributed by atoms with Gasteiger partial charge in [0.25, 0.3) is 0 Å². The van der Waals surface area contributed by atoms with Gasteiger partial charge in [0.1, 0.15) is 0 Å². The van der Waals surface area contributed by atoms with Crippen LogP contribution in [0, 0.1) is 0 Å². The Hall–Kier alpha value is -1.10. The second-order valence-electron chi connectivity index (χ2n) is 3.30. The highest BCUT2D eigenvalue weighted by atomic mass is 16.1. The Morgan fingerprint density at radius 2 is 2.07 bits per heavy atom. The number of carbonyl (C=O) groups excluding carboxylic acids is 2. The SMILES string of the molecule is CNC(=O)CCCNC(C)CC(N)=O. The molecule has 0 aliphatic carbocycles. The van der Waals surface area contributed by atoms with Crippen LogP contribution in [0.1, 0.15) is 26.2 Å². The molecular formula is C9H19N3O2. The maximum absolute atomic E-state index is 10.8. The molecule has 5 nitrogen and oxygen atoms in total. The highest BCUT2D eigenvalue weighted by Gasteiger charge is 2.04. The fraction of sp³-hybridized carbons (Fsp3) is 0.778. The van der Waals surface area contributed by atoms with Crippen molar-refractivity contribution >= 4 is 11.8 Å². The minimum absolute atomic E-state index is 0.0364. The van der Waals surface area contributed by atoms with Crippen molar-refractivity contribution in [1.82, 2.24) is 10.6 Å². The van der Waals surface area contributed by atoms with Gasteiger partial charge in [0.15, 0.2) is 0 Å². The molecule has 0 fully saturated rings. The summed E-state index contributed by atoms with van der Waals surface area (Å²) < 4.78 is 0. The van der Waals surface area contributed by atoms with E-state index >= 15 is 0 Å². The summed E-state index contributed by atoms with van der Waals surface area (Å²) in [5.74, 6) is -0.273. The predicted molar refractivity (Wildman–Crippen MR) is 54.6 cm³/mol. The third-order valence-corrected chi connectivity index (χ3v) is 1.86. The largest absolute Gasteiger partial charge is 0.370 e. The van der Waals surface area contributed by atoms with Gasteiger partial charge in [0, 0.05) is 25.9 Å². The van der Waals surface area contributed by atoms with Crippen molar-refractivity contribution in [2.24, 2.45) is 5.73 Å². The van der Waals surface area contributed by atoms with Gasteiger partial charge >= 0.3 is 0 Å². The van der Waals surface area contributed by atoms with Crippen LogP contribution in [-0.4, -0.2) is 31.4 Å². The van der Waals surface area contributed by atoms with Crippen LogP contribution in [0.2, 0.25) is 0 Å². The van der Waals surface area contributed by atoms with Crippen molar-refractivity contribution < 1.29 is 9.59 Å². The van der Waals surface area contributed by atoms with E-state index in [1.807, 2.05) is 6.92 Å². The van der Waals surface area contributed by atoms with Crippen molar-refractivity contribution in [2.45, 2.75) is 32.2 Å². The first kappa shape index (κ1) is 12.9. The summed E-state index contributed by atoms with van der Waals surface area (Å²) in [6.45, 7) is 2.62. The van der Waals surface area contributed by atoms with Crippen LogP contribution in [0.3, 0.4) is 0 Å². The minimum atomic E-state index is -0.309. The lowest BCUT2D eigenvalue weighted by molar-refractivity contribution is -0.121. The molecule has 0 heterocycles. The minimum Gasteiger partial charge on any atom is -0.370 e. The summed E-state index contributed by atoms with van der Waals surface area (Å²) in [5.41, 5.74) is 5.02. The zero-order valence-electron chi connectivity index (χ0n) is 8.80. The average molecular weight is 201 g/mol. The Morgan fingerprint density at radius 1 is 1.43 bits per heavy atom. The van der Waals surface area contributed by atoms with Gasteiger partial charge in [0.2, 0.25) is 11.8 Å². The number of nitrogens with one attached hydrogen (secondary N) is 2. The number of hydrogen-bond donors (Lipinski definition) is 3. The smallest absolute Gasteiger partial charge is 0.219 e. The van der Waals surface area contributed by atoms with Gasteiger partial charge in [-0.25, -0.2) is 0 Å². The molecule has 1 atom stereocenters. The van der Waals surface area contributed by atoms with E-state index in [2.05, 4.69) is 10.6 Å². The van der Waals surface area contributed by atoms with Gasteiger partial charge < -0.3 is 16.4 Å². The van der Waals surface area contributed by atoms with Crippen molar-refractivity contribution in [3.63, 3.8) is 0 Å². The summed E-state index contributed by atoms with van der Waals surface area (Å²) in [4.78, 5) is 21.3. The molecule has 14 heavy (non-hydrogen) atoms. The van der Waals surface area contributed by atoms with E-state index in [1.165, 1.54) is 0 Å². The Morgan fingerprint density at radius 3 is 2.57 bits per heavy atom. The van der Waals surface area contributed by atoms with Gasteiger partial charge in [0.05, 0.1) is 0 Å². The van der Waals surface area contributed by atoms with Crippen molar-refractivity contribution in [3.8, 4) is 0 Å². The molecule has 0 aromatic heterocycles. The maximum atomic E-state index is 10.8. The van der Waals surface area contributed by atoms with Gasteiger partial charge in [-0.1, -0.05) is 0 Å². The lowest BCUT2D eigenvalue weighted by Gasteiger charge is -2.10. The molecule has 0 radical (unpaired) electrons. The summed E-state index contributed by atoms with van der Waals surface area (Å²) in [7, 11) is 1.62. The molecule has 82 valence electrons. The Kier molecular flexibility index (Phi) is 6.74. The van der Waals surface area contributed by atoms with E-state index in [9.17, 15) is 9.59 Å². The van der Waals surface area contributed by atoms with E-state index in [0.717, 1.165) is 13.0 Å². The molecule has 1 unspecified atom stereocenters. The average Bonchev–Trinajstić information content (AvgIpc) is 2.10. The van der Waals surface area contributed by atoms with Gasteiger partial charge in [-0.15, -0.1) is 0 Å². The molecule has 4 N–H and O–H groups in total. The van der Waals surface area contributed by atoms with Crippen LogP contribution in [0.5, 0.6) is 0 Å². The summed E-state index contributed by atoms with van der Waals surface area (Å²) in [5, 5.41) is 5.66. The molecule has 0 bridgehead atoms. The maximum Gasteiger partial charge on any atom is 0.219 e. The van der Waals surface area contributed by atoms with Crippen LogP contribution in [-0.2, 0) is 9.59 Å². The zero-order chi connectivity index (χ0) is 11.0. The quantitative estimate of drug-likeness (QED) is 0.479. The number of carbonyl (C=O) groups is 2. The second-order valence-corrected chi connectivity index (χ2v) is 3.30. The fourth-order valence-corrected chi connectivity index (χ4v) is 1.10. The Bertz CT molecular complexity index is 194. The molecule has 0 rings (SSSR count). The lowest BCUT2D eigenvalue weighted by atomic mass is 10.2. The van der Waals surface area contributed by atoms with Crippen molar-refractivity contribution in [1.29, 1.82) is 0 Å². The zero-order valence-corrected chi connectivity index (χ0v) is 8.80. The molecule has 0 aliphatic heterocycles. The number of amides is 2. The normalized spacial score (nSPS) is 12.1. The third kappa shape index (κ3) is 7.54. The number of rotatable bonds is 7. The van der Waals surface area contributed by atoms with Gasteiger partial charge in [-0.3, -0.25) is 9.59 Å². The molecular weight excluding hydrogens is 182 g/mol. The second kappa shape index (κ2) is 7.32. The molecule has 0 spiro atoms. The molecule has 0 saturated heterocycles. The lowest BCUT2D eigenvalue weighted by Crippen LogP contribution is -2.32. The van der Waals surface area contributed by atoms with E-state index in [4.69, 9.17) is 5.73 Å². The summed E-state index contributed by atoms with van der Waals surface area (Å²) >= 11 is 0. The van der Waals surface area contributed by atoms with Crippen LogP contribution in [0.25, 0.3) is 0 Å². The van der Waals surface area contributed by atoms with E-state index in [1.54, 1.807) is 7.05 Å². The standard InChI is InChI=1S/C9H19N3O2/c1-7(6-8(10)13)12-5-3-4-9(14)11-2/h7,12H,3-6H2,1-2H3,(H2,10,13)(H,11,14). The van der Waals surface area contributed by atoms with Crippen molar-refractivity contribution in [3.05, 3.63) is 0 Å². The van der Waals surface area contributed by atoms with E-state index in [0.29, 0.717) is 12.8 Å². The molecule has 0 saturated carbocycles.